The lowest BCUT2D eigenvalue weighted by molar-refractivity contribution is -0.151. The average Bonchev–Trinajstić information content (AvgIpc) is 3.58. The van der Waals surface area contributed by atoms with Crippen LogP contribution in [0.1, 0.15) is 43.5 Å². The van der Waals surface area contributed by atoms with Gasteiger partial charge in [-0.15, -0.1) is 0 Å². The van der Waals surface area contributed by atoms with Crippen molar-refractivity contribution in [2.75, 3.05) is 33.4 Å². The van der Waals surface area contributed by atoms with Crippen LogP contribution in [0.5, 0.6) is 0 Å². The maximum absolute atomic E-state index is 13.4. The monoisotopic (exact) mass is 444 g/mol. The van der Waals surface area contributed by atoms with E-state index < -0.39 is 12.2 Å². The van der Waals surface area contributed by atoms with Gasteiger partial charge in [0.2, 0.25) is 0 Å². The second-order valence-corrected chi connectivity index (χ2v) is 8.67. The molecule has 9 nitrogen and oxygen atoms in total. The van der Waals surface area contributed by atoms with Crippen molar-refractivity contribution in [2.45, 2.75) is 57.8 Å². The van der Waals surface area contributed by atoms with E-state index in [0.29, 0.717) is 13.2 Å². The molecule has 2 fully saturated rings. The molecule has 0 spiro atoms. The van der Waals surface area contributed by atoms with Gasteiger partial charge >= 0.3 is 6.09 Å². The van der Waals surface area contributed by atoms with E-state index in [1.807, 2.05) is 23.4 Å². The Hall–Kier alpha value is -2.65. The molecule has 1 aromatic heterocycles. The molecule has 2 aliphatic rings. The van der Waals surface area contributed by atoms with Crippen LogP contribution in [0.15, 0.2) is 18.2 Å². The third-order valence-electron chi connectivity index (χ3n) is 6.39. The van der Waals surface area contributed by atoms with Gasteiger partial charge in [-0.2, -0.15) is 5.10 Å². The number of hydrogen-bond donors (Lipinski definition) is 1. The van der Waals surface area contributed by atoms with E-state index in [2.05, 4.69) is 23.3 Å². The predicted octanol–water partition coefficient (Wildman–Crippen LogP) is 2.81. The van der Waals surface area contributed by atoms with Gasteiger partial charge in [-0.1, -0.05) is 12.1 Å². The molecule has 2 amide bonds. The lowest BCUT2D eigenvalue weighted by Crippen LogP contribution is -2.53. The summed E-state index contributed by atoms with van der Waals surface area (Å²) in [7, 11) is 1.70. The summed E-state index contributed by atoms with van der Waals surface area (Å²) in [6.45, 7) is 6.09. The molecular weight excluding hydrogens is 412 g/mol. The largest absolute Gasteiger partial charge is 0.465 e. The van der Waals surface area contributed by atoms with Crippen LogP contribution in [0.25, 0.3) is 10.9 Å². The van der Waals surface area contributed by atoms with Crippen molar-refractivity contribution in [1.29, 1.82) is 0 Å². The van der Waals surface area contributed by atoms with E-state index in [9.17, 15) is 14.7 Å². The Morgan fingerprint density at radius 1 is 1.38 bits per heavy atom. The number of nitrogens with zero attached hydrogens (tertiary/aromatic N) is 4. The number of rotatable bonds is 8. The van der Waals surface area contributed by atoms with Gasteiger partial charge in [-0.25, -0.2) is 4.79 Å². The zero-order chi connectivity index (χ0) is 22.8. The van der Waals surface area contributed by atoms with E-state index in [1.54, 1.807) is 7.11 Å². The number of morpholine rings is 1. The number of benzene rings is 1. The average molecular weight is 445 g/mol. The van der Waals surface area contributed by atoms with Crippen molar-refractivity contribution in [3.63, 3.8) is 0 Å². The molecule has 2 aromatic rings. The summed E-state index contributed by atoms with van der Waals surface area (Å²) < 4.78 is 12.9. The van der Waals surface area contributed by atoms with Crippen molar-refractivity contribution < 1.29 is 24.2 Å². The minimum Gasteiger partial charge on any atom is -0.465 e. The number of aromatic nitrogens is 2. The number of carboxylic acid groups (broad SMARTS) is 1. The summed E-state index contributed by atoms with van der Waals surface area (Å²) in [5, 5.41) is 15.1. The number of fused-ring (bicyclic) bond motifs is 1. The fourth-order valence-corrected chi connectivity index (χ4v) is 4.48. The number of ether oxygens (including phenoxy) is 2. The van der Waals surface area contributed by atoms with Crippen molar-refractivity contribution in [3.8, 4) is 0 Å². The number of amides is 2. The minimum absolute atomic E-state index is 0.0780. The van der Waals surface area contributed by atoms with E-state index >= 15 is 0 Å². The van der Waals surface area contributed by atoms with Crippen LogP contribution in [0.4, 0.5) is 4.79 Å². The van der Waals surface area contributed by atoms with E-state index in [4.69, 9.17) is 9.47 Å². The quantitative estimate of drug-likeness (QED) is 0.629. The molecule has 1 saturated carbocycles. The third-order valence-corrected chi connectivity index (χ3v) is 6.39. The fraction of sp³-hybridized carbons (Fsp3) is 0.609. The van der Waals surface area contributed by atoms with E-state index in [-0.39, 0.29) is 31.1 Å². The number of methoxy groups -OCH3 is 1. The molecule has 1 aromatic carbocycles. The highest BCUT2D eigenvalue weighted by atomic mass is 16.5. The van der Waals surface area contributed by atoms with Gasteiger partial charge in [0.25, 0.3) is 5.91 Å². The Balaban J connectivity index is 1.58. The Morgan fingerprint density at radius 2 is 2.16 bits per heavy atom. The first-order valence-corrected chi connectivity index (χ1v) is 11.3. The van der Waals surface area contributed by atoms with Crippen LogP contribution in [0, 0.1) is 6.92 Å². The lowest BCUT2D eigenvalue weighted by atomic mass is 10.0. The topological polar surface area (TPSA) is 97.1 Å². The molecule has 1 N–H and O–H groups in total. The maximum atomic E-state index is 13.4. The SMILES string of the molecule is COCCCn1nc(C)c2ccc(C(C)N(C(=O)[C@H]3CN(C(=O)O)CCO3)C3CC3)cc21. The van der Waals surface area contributed by atoms with Crippen molar-refractivity contribution in [3.05, 3.63) is 29.5 Å². The molecule has 9 heteroatoms. The highest BCUT2D eigenvalue weighted by Crippen LogP contribution is 2.36. The van der Waals surface area contributed by atoms with Gasteiger partial charge in [-0.3, -0.25) is 9.48 Å². The van der Waals surface area contributed by atoms with Gasteiger partial charge < -0.3 is 24.4 Å². The highest BCUT2D eigenvalue weighted by Gasteiger charge is 2.41. The van der Waals surface area contributed by atoms with Gasteiger partial charge in [0.05, 0.1) is 30.4 Å². The van der Waals surface area contributed by atoms with Crippen molar-refractivity contribution in [2.24, 2.45) is 0 Å². The maximum Gasteiger partial charge on any atom is 0.407 e. The summed E-state index contributed by atoms with van der Waals surface area (Å²) in [5.74, 6) is -0.129. The van der Waals surface area contributed by atoms with Crippen molar-refractivity contribution >= 4 is 22.9 Å². The lowest BCUT2D eigenvalue weighted by Gasteiger charge is -2.36. The van der Waals surface area contributed by atoms with Crippen LogP contribution >= 0.6 is 0 Å². The molecule has 2 atom stereocenters. The molecule has 0 radical (unpaired) electrons. The molecule has 1 saturated heterocycles. The highest BCUT2D eigenvalue weighted by molar-refractivity contribution is 5.85. The molecule has 2 heterocycles. The standard InChI is InChI=1S/C23H32N4O5/c1-15-19-8-5-17(13-20(19)26(24-15)9-4-11-31-3)16(2)27(18-6-7-18)22(28)21-14-25(23(29)30)10-12-32-21/h5,8,13,16,18,21H,4,6-7,9-12,14H2,1-3H3,(H,29,30)/t16?,21-/m1/s1. The van der Waals surface area contributed by atoms with Crippen LogP contribution < -0.4 is 0 Å². The van der Waals surface area contributed by atoms with Crippen LogP contribution in [0.2, 0.25) is 0 Å². The first-order valence-electron chi connectivity index (χ1n) is 11.3. The normalized spacial score (nSPS) is 19.8. The summed E-state index contributed by atoms with van der Waals surface area (Å²) in [6.07, 6.45) is 1.02. The van der Waals surface area contributed by atoms with Gasteiger partial charge in [0.1, 0.15) is 0 Å². The predicted molar refractivity (Wildman–Crippen MR) is 119 cm³/mol. The third kappa shape index (κ3) is 4.59. The van der Waals surface area contributed by atoms with Crippen LogP contribution in [-0.4, -0.2) is 82.2 Å². The first-order chi connectivity index (χ1) is 15.4. The second-order valence-electron chi connectivity index (χ2n) is 8.67. The smallest absolute Gasteiger partial charge is 0.407 e. The summed E-state index contributed by atoms with van der Waals surface area (Å²) in [4.78, 5) is 28.0. The number of carbonyl (C=O) groups is 2. The molecule has 1 aliphatic carbocycles. The van der Waals surface area contributed by atoms with Crippen LogP contribution in [0.3, 0.4) is 0 Å². The molecule has 174 valence electrons. The summed E-state index contributed by atoms with van der Waals surface area (Å²) >= 11 is 0. The Kier molecular flexibility index (Phi) is 6.66. The Morgan fingerprint density at radius 3 is 2.84 bits per heavy atom. The number of aryl methyl sites for hydroxylation is 2. The van der Waals surface area contributed by atoms with Crippen LogP contribution in [-0.2, 0) is 20.8 Å². The Bertz CT molecular complexity index is 986. The molecular formula is C23H32N4O5. The van der Waals surface area contributed by atoms with E-state index in [1.165, 1.54) is 4.90 Å². The summed E-state index contributed by atoms with van der Waals surface area (Å²) in [5.41, 5.74) is 3.07. The van der Waals surface area contributed by atoms with Gasteiger partial charge in [0, 0.05) is 38.2 Å². The first kappa shape index (κ1) is 22.5. The number of hydrogen-bond acceptors (Lipinski definition) is 5. The number of carbonyl (C=O) groups excluding carboxylic acids is 1. The molecule has 32 heavy (non-hydrogen) atoms. The van der Waals surface area contributed by atoms with Gasteiger partial charge in [-0.05, 0) is 44.7 Å². The fourth-order valence-electron chi connectivity index (χ4n) is 4.48. The minimum atomic E-state index is -1.01. The van der Waals surface area contributed by atoms with E-state index in [0.717, 1.165) is 48.0 Å². The van der Waals surface area contributed by atoms with Gasteiger partial charge in [0.15, 0.2) is 6.10 Å². The second kappa shape index (κ2) is 9.46. The molecule has 1 unspecified atom stereocenters. The zero-order valence-corrected chi connectivity index (χ0v) is 19.0. The Labute approximate surface area is 187 Å². The molecule has 1 aliphatic heterocycles. The molecule has 4 rings (SSSR count). The zero-order valence-electron chi connectivity index (χ0n) is 19.0. The summed E-state index contributed by atoms with van der Waals surface area (Å²) in [6, 6.07) is 6.29. The molecule has 0 bridgehead atoms. The van der Waals surface area contributed by atoms with Crippen molar-refractivity contribution in [1.82, 2.24) is 19.6 Å².